The van der Waals surface area contributed by atoms with Gasteiger partial charge in [-0.3, -0.25) is 0 Å². The second kappa shape index (κ2) is 10.0. The lowest BCUT2D eigenvalue weighted by Crippen LogP contribution is -2.41. The van der Waals surface area contributed by atoms with E-state index in [0.29, 0.717) is 6.54 Å². The molecule has 0 aliphatic carbocycles. The molecule has 0 radical (unpaired) electrons. The number of aliphatic imine (C=N–C) groups is 1. The maximum Gasteiger partial charge on any atom is 0.194 e. The molecule has 0 aromatic carbocycles. The first-order valence-electron chi connectivity index (χ1n) is 10.3. The van der Waals surface area contributed by atoms with Gasteiger partial charge in [-0.15, -0.1) is 10.2 Å². The van der Waals surface area contributed by atoms with Gasteiger partial charge in [-0.2, -0.15) is 0 Å². The Balaban J connectivity index is 1.58. The standard InChI is InChI=1S/C19H35N7O/c1-16-22-23-18(24(16)2)13-21-19(20-8-6-12-27-3)26-11-7-17(15-26)14-25-9-4-5-10-25/h17H,4-15H2,1-3H3,(H,20,21). The van der Waals surface area contributed by atoms with Gasteiger partial charge in [-0.25, -0.2) is 4.99 Å². The number of aromatic nitrogens is 3. The molecule has 3 heterocycles. The number of nitrogens with one attached hydrogen (secondary N) is 1. The van der Waals surface area contributed by atoms with Crippen molar-refractivity contribution < 1.29 is 4.74 Å². The lowest BCUT2D eigenvalue weighted by molar-refractivity contribution is 0.195. The van der Waals surface area contributed by atoms with E-state index >= 15 is 0 Å². The van der Waals surface area contributed by atoms with Crippen LogP contribution in [0.3, 0.4) is 0 Å². The van der Waals surface area contributed by atoms with Crippen LogP contribution in [0.4, 0.5) is 0 Å². The van der Waals surface area contributed by atoms with Crippen molar-refractivity contribution in [2.45, 2.75) is 39.2 Å². The molecule has 0 bridgehead atoms. The summed E-state index contributed by atoms with van der Waals surface area (Å²) in [5.74, 6) is 3.56. The second-order valence-electron chi connectivity index (χ2n) is 7.74. The van der Waals surface area contributed by atoms with Crippen molar-refractivity contribution in [2.75, 3.05) is 53.0 Å². The van der Waals surface area contributed by atoms with Crippen molar-refractivity contribution >= 4 is 5.96 Å². The summed E-state index contributed by atoms with van der Waals surface area (Å²) in [4.78, 5) is 9.91. The van der Waals surface area contributed by atoms with Gasteiger partial charge in [-0.05, 0) is 51.6 Å². The van der Waals surface area contributed by atoms with E-state index in [1.165, 1.54) is 38.9 Å². The van der Waals surface area contributed by atoms with E-state index in [4.69, 9.17) is 9.73 Å². The monoisotopic (exact) mass is 377 g/mol. The average molecular weight is 378 g/mol. The number of hydrogen-bond donors (Lipinski definition) is 1. The predicted molar refractivity (Wildman–Crippen MR) is 107 cm³/mol. The van der Waals surface area contributed by atoms with Gasteiger partial charge in [0, 0.05) is 46.9 Å². The summed E-state index contributed by atoms with van der Waals surface area (Å²) in [6, 6.07) is 0. The topological polar surface area (TPSA) is 70.8 Å². The fraction of sp³-hybridized carbons (Fsp3) is 0.842. The normalized spacial score (nSPS) is 21.4. The number of aryl methyl sites for hydroxylation is 1. The minimum atomic E-state index is 0.553. The second-order valence-corrected chi connectivity index (χ2v) is 7.74. The highest BCUT2D eigenvalue weighted by molar-refractivity contribution is 5.80. The molecule has 152 valence electrons. The highest BCUT2D eigenvalue weighted by Crippen LogP contribution is 2.20. The zero-order valence-corrected chi connectivity index (χ0v) is 17.2. The molecule has 1 atom stereocenters. The van der Waals surface area contributed by atoms with E-state index in [9.17, 15) is 0 Å². The van der Waals surface area contributed by atoms with Crippen molar-refractivity contribution in [1.82, 2.24) is 29.9 Å². The number of likely N-dealkylation sites (tertiary alicyclic amines) is 2. The van der Waals surface area contributed by atoms with Crippen molar-refractivity contribution in [2.24, 2.45) is 18.0 Å². The molecule has 0 saturated carbocycles. The molecule has 0 spiro atoms. The minimum absolute atomic E-state index is 0.553. The van der Waals surface area contributed by atoms with E-state index in [0.717, 1.165) is 56.2 Å². The number of methoxy groups -OCH3 is 1. The molecule has 8 heteroatoms. The molecule has 3 rings (SSSR count). The van der Waals surface area contributed by atoms with Crippen LogP contribution in [0.2, 0.25) is 0 Å². The number of nitrogens with zero attached hydrogens (tertiary/aromatic N) is 6. The summed E-state index contributed by atoms with van der Waals surface area (Å²) < 4.78 is 7.17. The molecular formula is C19H35N7O. The third-order valence-corrected chi connectivity index (χ3v) is 5.66. The largest absolute Gasteiger partial charge is 0.385 e. The van der Waals surface area contributed by atoms with Gasteiger partial charge in [0.15, 0.2) is 11.8 Å². The van der Waals surface area contributed by atoms with Gasteiger partial charge in [-0.1, -0.05) is 0 Å². The molecular weight excluding hydrogens is 342 g/mol. The molecule has 1 N–H and O–H groups in total. The first-order chi connectivity index (χ1) is 13.2. The Morgan fingerprint density at radius 2 is 2.07 bits per heavy atom. The fourth-order valence-electron chi connectivity index (χ4n) is 3.92. The Kier molecular flexibility index (Phi) is 7.46. The van der Waals surface area contributed by atoms with E-state index in [-0.39, 0.29) is 0 Å². The molecule has 2 aliphatic heterocycles. The van der Waals surface area contributed by atoms with Crippen LogP contribution in [-0.4, -0.2) is 83.5 Å². The first kappa shape index (κ1) is 20.1. The van der Waals surface area contributed by atoms with Gasteiger partial charge in [0.25, 0.3) is 0 Å². The molecule has 2 fully saturated rings. The SMILES string of the molecule is COCCCNC(=NCc1nnc(C)n1C)N1CCC(CN2CCCC2)C1. The third kappa shape index (κ3) is 5.65. The fourth-order valence-corrected chi connectivity index (χ4v) is 3.92. The molecule has 2 saturated heterocycles. The van der Waals surface area contributed by atoms with Crippen LogP contribution in [0.15, 0.2) is 4.99 Å². The van der Waals surface area contributed by atoms with Gasteiger partial charge in [0.05, 0.1) is 0 Å². The van der Waals surface area contributed by atoms with E-state index < -0.39 is 0 Å². The number of guanidine groups is 1. The number of ether oxygens (including phenoxy) is 1. The minimum Gasteiger partial charge on any atom is -0.385 e. The van der Waals surface area contributed by atoms with E-state index in [1.54, 1.807) is 7.11 Å². The highest BCUT2D eigenvalue weighted by Gasteiger charge is 2.27. The van der Waals surface area contributed by atoms with Crippen LogP contribution in [0.5, 0.6) is 0 Å². The summed E-state index contributed by atoms with van der Waals surface area (Å²) in [7, 11) is 3.74. The van der Waals surface area contributed by atoms with Crippen molar-refractivity contribution in [1.29, 1.82) is 0 Å². The molecule has 8 nitrogen and oxygen atoms in total. The van der Waals surface area contributed by atoms with Crippen molar-refractivity contribution in [3.05, 3.63) is 11.6 Å². The third-order valence-electron chi connectivity index (χ3n) is 5.66. The highest BCUT2D eigenvalue weighted by atomic mass is 16.5. The molecule has 0 amide bonds. The van der Waals surface area contributed by atoms with Crippen molar-refractivity contribution in [3.63, 3.8) is 0 Å². The maximum absolute atomic E-state index is 5.17. The van der Waals surface area contributed by atoms with Gasteiger partial charge >= 0.3 is 0 Å². The zero-order valence-electron chi connectivity index (χ0n) is 17.2. The van der Waals surface area contributed by atoms with Gasteiger partial charge < -0.3 is 24.4 Å². The van der Waals surface area contributed by atoms with Crippen molar-refractivity contribution in [3.8, 4) is 0 Å². The Morgan fingerprint density at radius 1 is 1.26 bits per heavy atom. The Morgan fingerprint density at radius 3 is 2.78 bits per heavy atom. The Bertz CT molecular complexity index is 609. The molecule has 27 heavy (non-hydrogen) atoms. The Labute approximate surface area is 163 Å². The van der Waals surface area contributed by atoms with Crippen LogP contribution in [0.1, 0.15) is 37.3 Å². The van der Waals surface area contributed by atoms with Gasteiger partial charge in [0.2, 0.25) is 0 Å². The zero-order chi connectivity index (χ0) is 19.1. The van der Waals surface area contributed by atoms with E-state index in [1.807, 2.05) is 18.5 Å². The quantitative estimate of drug-likeness (QED) is 0.414. The summed E-state index contributed by atoms with van der Waals surface area (Å²) in [5.41, 5.74) is 0. The Hall–Kier alpha value is -1.67. The average Bonchev–Trinajstić information content (AvgIpc) is 3.40. The van der Waals surface area contributed by atoms with Crippen LogP contribution in [0.25, 0.3) is 0 Å². The lowest BCUT2D eigenvalue weighted by atomic mass is 10.1. The molecule has 1 aromatic rings. The molecule has 1 aromatic heterocycles. The van der Waals surface area contributed by atoms with Crippen LogP contribution in [-0.2, 0) is 18.3 Å². The van der Waals surface area contributed by atoms with Crippen LogP contribution in [0, 0.1) is 12.8 Å². The van der Waals surface area contributed by atoms with E-state index in [2.05, 4.69) is 25.3 Å². The lowest BCUT2D eigenvalue weighted by Gasteiger charge is -2.23. The number of rotatable bonds is 8. The summed E-state index contributed by atoms with van der Waals surface area (Å²) in [6.07, 6.45) is 4.95. The molecule has 1 unspecified atom stereocenters. The summed E-state index contributed by atoms with van der Waals surface area (Å²) in [6.45, 7) is 10.1. The van der Waals surface area contributed by atoms with Gasteiger partial charge in [0.1, 0.15) is 12.4 Å². The molecule has 2 aliphatic rings. The predicted octanol–water partition coefficient (Wildman–Crippen LogP) is 1.02. The van der Waals surface area contributed by atoms with Crippen LogP contribution < -0.4 is 5.32 Å². The number of hydrogen-bond acceptors (Lipinski definition) is 5. The maximum atomic E-state index is 5.17. The first-order valence-corrected chi connectivity index (χ1v) is 10.3. The summed E-state index contributed by atoms with van der Waals surface area (Å²) in [5, 5.41) is 11.9. The van der Waals surface area contributed by atoms with Crippen LogP contribution >= 0.6 is 0 Å². The summed E-state index contributed by atoms with van der Waals surface area (Å²) >= 11 is 0. The smallest absolute Gasteiger partial charge is 0.194 e.